The predicted octanol–water partition coefficient (Wildman–Crippen LogP) is 3.05. The molecule has 1 aliphatic rings. The second kappa shape index (κ2) is 6.12. The summed E-state index contributed by atoms with van der Waals surface area (Å²) in [7, 11) is 2.19. The van der Waals surface area contributed by atoms with Crippen LogP contribution in [0, 0.1) is 23.2 Å². The Bertz CT molecular complexity index is 219. The molecule has 3 unspecified atom stereocenters. The van der Waals surface area contributed by atoms with E-state index in [1.54, 1.807) is 0 Å². The Morgan fingerprint density at radius 2 is 2.07 bits per heavy atom. The summed E-state index contributed by atoms with van der Waals surface area (Å²) < 4.78 is 0. The number of nitrogens with zero attached hydrogens (tertiary/aromatic N) is 2. The van der Waals surface area contributed by atoms with Crippen LogP contribution in [0.5, 0.6) is 0 Å². The molecule has 0 spiro atoms. The Balaban J connectivity index is 2.48. The summed E-state index contributed by atoms with van der Waals surface area (Å²) >= 11 is 0. The van der Waals surface area contributed by atoms with E-state index < -0.39 is 0 Å². The van der Waals surface area contributed by atoms with E-state index in [0.29, 0.717) is 0 Å². The van der Waals surface area contributed by atoms with Crippen molar-refractivity contribution < 1.29 is 0 Å². The minimum Gasteiger partial charge on any atom is -0.302 e. The number of hydrogen-bond donors (Lipinski definition) is 0. The Morgan fingerprint density at radius 1 is 1.40 bits per heavy atom. The summed E-state index contributed by atoms with van der Waals surface area (Å²) in [5.41, 5.74) is 0. The highest BCUT2D eigenvalue weighted by Gasteiger charge is 2.27. The van der Waals surface area contributed by atoms with E-state index in [0.717, 1.165) is 18.5 Å². The molecule has 1 rings (SSSR count). The first kappa shape index (κ1) is 12.5. The maximum absolute atomic E-state index is 8.83. The Labute approximate surface area is 94.3 Å². The molecule has 1 fully saturated rings. The van der Waals surface area contributed by atoms with Crippen LogP contribution >= 0.6 is 0 Å². The Kier molecular flexibility index (Phi) is 5.11. The van der Waals surface area contributed by atoms with E-state index in [4.69, 9.17) is 5.26 Å². The zero-order valence-corrected chi connectivity index (χ0v) is 10.4. The minimum absolute atomic E-state index is 0.162. The fraction of sp³-hybridized carbons (Fsp3) is 0.923. The summed E-state index contributed by atoms with van der Waals surface area (Å²) in [6, 6.07) is 3.05. The number of nitriles is 1. The van der Waals surface area contributed by atoms with Crippen molar-refractivity contribution in [2.24, 2.45) is 11.8 Å². The minimum atomic E-state index is 0.162. The van der Waals surface area contributed by atoms with Crippen molar-refractivity contribution in [2.75, 3.05) is 13.6 Å². The van der Waals surface area contributed by atoms with Gasteiger partial charge in [-0.1, -0.05) is 26.2 Å². The van der Waals surface area contributed by atoms with Gasteiger partial charge < -0.3 is 4.90 Å². The van der Waals surface area contributed by atoms with Gasteiger partial charge in [-0.25, -0.2) is 0 Å². The largest absolute Gasteiger partial charge is 0.302 e. The molecule has 0 aromatic heterocycles. The van der Waals surface area contributed by atoms with Crippen molar-refractivity contribution in [1.82, 2.24) is 4.90 Å². The molecule has 1 aliphatic carbocycles. The van der Waals surface area contributed by atoms with Crippen LogP contribution in [0.2, 0.25) is 0 Å². The molecule has 1 saturated carbocycles. The van der Waals surface area contributed by atoms with E-state index in [1.807, 2.05) is 6.92 Å². The normalized spacial score (nSPS) is 28.7. The van der Waals surface area contributed by atoms with Crippen molar-refractivity contribution in [3.8, 4) is 6.07 Å². The molecule has 2 nitrogen and oxygen atoms in total. The zero-order chi connectivity index (χ0) is 11.3. The topological polar surface area (TPSA) is 27.0 Å². The van der Waals surface area contributed by atoms with E-state index in [1.165, 1.54) is 32.1 Å². The zero-order valence-electron chi connectivity index (χ0n) is 10.4. The third-order valence-electron chi connectivity index (χ3n) is 3.74. The number of hydrogen-bond acceptors (Lipinski definition) is 2. The number of rotatable bonds is 4. The van der Waals surface area contributed by atoms with E-state index in [-0.39, 0.29) is 5.92 Å². The van der Waals surface area contributed by atoms with Gasteiger partial charge in [0.05, 0.1) is 12.0 Å². The summed E-state index contributed by atoms with van der Waals surface area (Å²) in [5.74, 6) is 1.02. The van der Waals surface area contributed by atoms with Crippen molar-refractivity contribution in [1.29, 1.82) is 5.26 Å². The first-order valence-corrected chi connectivity index (χ1v) is 6.28. The molecule has 0 N–H and O–H groups in total. The van der Waals surface area contributed by atoms with Crippen LogP contribution in [0.3, 0.4) is 0 Å². The lowest BCUT2D eigenvalue weighted by Gasteiger charge is -2.38. The second-order valence-electron chi connectivity index (χ2n) is 4.99. The quantitative estimate of drug-likeness (QED) is 0.710. The summed E-state index contributed by atoms with van der Waals surface area (Å²) in [5, 5.41) is 8.83. The predicted molar refractivity (Wildman–Crippen MR) is 63.4 cm³/mol. The van der Waals surface area contributed by atoms with Gasteiger partial charge in [-0.05, 0) is 32.7 Å². The molecule has 0 heterocycles. The van der Waals surface area contributed by atoms with Gasteiger partial charge in [0.15, 0.2) is 0 Å². The maximum atomic E-state index is 8.83. The average Bonchev–Trinajstić information content (AvgIpc) is 2.28. The molecular formula is C13H24N2. The van der Waals surface area contributed by atoms with Gasteiger partial charge in [0.25, 0.3) is 0 Å². The highest BCUT2D eigenvalue weighted by Crippen LogP contribution is 2.30. The van der Waals surface area contributed by atoms with Gasteiger partial charge in [0.1, 0.15) is 0 Å². The molecule has 0 aromatic carbocycles. The maximum Gasteiger partial charge on any atom is 0.0666 e. The third-order valence-corrected chi connectivity index (χ3v) is 3.74. The first-order valence-electron chi connectivity index (χ1n) is 6.28. The van der Waals surface area contributed by atoms with Crippen molar-refractivity contribution >= 4 is 0 Å². The van der Waals surface area contributed by atoms with Gasteiger partial charge in [-0.15, -0.1) is 0 Å². The second-order valence-corrected chi connectivity index (χ2v) is 4.99. The van der Waals surface area contributed by atoms with Crippen LogP contribution in [-0.2, 0) is 0 Å². The molecular weight excluding hydrogens is 184 g/mol. The summed E-state index contributed by atoms with van der Waals surface area (Å²) in [4.78, 5) is 2.42. The lowest BCUT2D eigenvalue weighted by molar-refractivity contribution is 0.119. The van der Waals surface area contributed by atoms with Crippen LogP contribution in [0.1, 0.15) is 46.0 Å². The SMILES string of the molecule is CCC1CCCCC1N(C)CC(C)C#N. The monoisotopic (exact) mass is 208 g/mol. The molecule has 0 aromatic rings. The van der Waals surface area contributed by atoms with E-state index >= 15 is 0 Å². The smallest absolute Gasteiger partial charge is 0.0666 e. The third kappa shape index (κ3) is 3.50. The summed E-state index contributed by atoms with van der Waals surface area (Å²) in [6.07, 6.45) is 6.76. The van der Waals surface area contributed by atoms with Crippen LogP contribution in [0.25, 0.3) is 0 Å². The van der Waals surface area contributed by atoms with Gasteiger partial charge in [0, 0.05) is 12.6 Å². The lowest BCUT2D eigenvalue weighted by atomic mass is 9.82. The van der Waals surface area contributed by atoms with Crippen LogP contribution in [0.15, 0.2) is 0 Å². The van der Waals surface area contributed by atoms with Crippen molar-refractivity contribution in [2.45, 2.75) is 52.0 Å². The molecule has 0 bridgehead atoms. The Morgan fingerprint density at radius 3 is 2.67 bits per heavy atom. The van der Waals surface area contributed by atoms with E-state index in [9.17, 15) is 0 Å². The summed E-state index contributed by atoms with van der Waals surface area (Å²) in [6.45, 7) is 5.24. The fourth-order valence-corrected chi connectivity index (χ4v) is 2.85. The van der Waals surface area contributed by atoms with Gasteiger partial charge in [0.2, 0.25) is 0 Å². The molecule has 15 heavy (non-hydrogen) atoms. The molecule has 86 valence electrons. The molecule has 0 aliphatic heterocycles. The van der Waals surface area contributed by atoms with E-state index in [2.05, 4.69) is 24.9 Å². The standard InChI is InChI=1S/C13H24N2/c1-4-12-7-5-6-8-13(12)15(3)10-11(2)9-14/h11-13H,4-8,10H2,1-3H3. The van der Waals surface area contributed by atoms with Gasteiger partial charge in [-0.2, -0.15) is 5.26 Å². The molecule has 0 radical (unpaired) electrons. The van der Waals surface area contributed by atoms with Crippen molar-refractivity contribution in [3.63, 3.8) is 0 Å². The van der Waals surface area contributed by atoms with Crippen LogP contribution in [0.4, 0.5) is 0 Å². The molecule has 3 atom stereocenters. The lowest BCUT2D eigenvalue weighted by Crippen LogP contribution is -2.41. The van der Waals surface area contributed by atoms with Gasteiger partial charge in [-0.3, -0.25) is 0 Å². The van der Waals surface area contributed by atoms with Crippen molar-refractivity contribution in [3.05, 3.63) is 0 Å². The Hall–Kier alpha value is -0.550. The average molecular weight is 208 g/mol. The molecule has 0 amide bonds. The first-order chi connectivity index (χ1) is 7.19. The highest BCUT2D eigenvalue weighted by atomic mass is 15.1. The fourth-order valence-electron chi connectivity index (χ4n) is 2.85. The molecule has 2 heteroatoms. The highest BCUT2D eigenvalue weighted by molar-refractivity contribution is 4.86. The molecule has 0 saturated heterocycles. The van der Waals surface area contributed by atoms with Gasteiger partial charge >= 0.3 is 0 Å². The van der Waals surface area contributed by atoms with Crippen LogP contribution < -0.4 is 0 Å². The van der Waals surface area contributed by atoms with Crippen LogP contribution in [-0.4, -0.2) is 24.5 Å².